The van der Waals surface area contributed by atoms with Crippen LogP contribution in [-0.4, -0.2) is 35.4 Å². The zero-order chi connectivity index (χ0) is 21.4. The number of benzene rings is 2. The number of hydrogen-bond donors (Lipinski definition) is 1. The van der Waals surface area contributed by atoms with Crippen molar-refractivity contribution in [3.05, 3.63) is 64.7 Å². The molecular formula is C23H29ClN2O3. The van der Waals surface area contributed by atoms with E-state index < -0.39 is 6.04 Å². The highest BCUT2D eigenvalue weighted by molar-refractivity contribution is 6.31. The number of carbonyl (C=O) groups is 2. The van der Waals surface area contributed by atoms with Crippen LogP contribution in [0.2, 0.25) is 5.02 Å². The lowest BCUT2D eigenvalue weighted by atomic mass is 10.1. The summed E-state index contributed by atoms with van der Waals surface area (Å²) < 4.78 is 5.67. The number of aryl methyl sites for hydroxylation is 1. The summed E-state index contributed by atoms with van der Waals surface area (Å²) in [5.74, 6) is 0.163. The maximum atomic E-state index is 13.1. The molecule has 2 rings (SSSR count). The Balaban J connectivity index is 2.21. The first-order valence-electron chi connectivity index (χ1n) is 9.84. The fourth-order valence-corrected chi connectivity index (χ4v) is 3.17. The minimum Gasteiger partial charge on any atom is -0.484 e. The smallest absolute Gasteiger partial charge is 0.261 e. The molecular weight excluding hydrogens is 388 g/mol. The molecule has 0 bridgehead atoms. The summed E-state index contributed by atoms with van der Waals surface area (Å²) >= 11 is 6.30. The quantitative estimate of drug-likeness (QED) is 0.660. The van der Waals surface area contributed by atoms with Gasteiger partial charge in [-0.3, -0.25) is 9.59 Å². The van der Waals surface area contributed by atoms with E-state index in [9.17, 15) is 9.59 Å². The van der Waals surface area contributed by atoms with Crippen LogP contribution in [0.5, 0.6) is 5.75 Å². The monoisotopic (exact) mass is 416 g/mol. The summed E-state index contributed by atoms with van der Waals surface area (Å²) in [6, 6.07) is 14.2. The molecule has 0 aromatic heterocycles. The predicted molar refractivity (Wildman–Crippen MR) is 116 cm³/mol. The third-order valence-electron chi connectivity index (χ3n) is 4.50. The Morgan fingerprint density at radius 2 is 1.76 bits per heavy atom. The summed E-state index contributed by atoms with van der Waals surface area (Å²) in [6.07, 6.45) is 0.485. The van der Waals surface area contributed by atoms with Gasteiger partial charge in [0.15, 0.2) is 6.61 Å². The molecule has 0 fully saturated rings. The number of halogens is 1. The lowest BCUT2D eigenvalue weighted by Crippen LogP contribution is -2.51. The number of rotatable bonds is 9. The number of hydrogen-bond acceptors (Lipinski definition) is 3. The molecule has 0 aliphatic carbocycles. The van der Waals surface area contributed by atoms with Gasteiger partial charge in [-0.25, -0.2) is 0 Å². The van der Waals surface area contributed by atoms with Crippen molar-refractivity contribution in [1.29, 1.82) is 0 Å². The molecule has 0 heterocycles. The van der Waals surface area contributed by atoms with E-state index >= 15 is 0 Å². The average molecular weight is 417 g/mol. The summed E-state index contributed by atoms with van der Waals surface area (Å²) in [5.41, 5.74) is 1.90. The van der Waals surface area contributed by atoms with Crippen LogP contribution in [0.15, 0.2) is 48.5 Å². The first kappa shape index (κ1) is 22.8. The average Bonchev–Trinajstić information content (AvgIpc) is 2.68. The minimum atomic E-state index is -0.609. The van der Waals surface area contributed by atoms with E-state index in [1.165, 1.54) is 0 Å². The van der Waals surface area contributed by atoms with E-state index in [0.717, 1.165) is 11.1 Å². The number of nitrogens with one attached hydrogen (secondary N) is 1. The second-order valence-electron chi connectivity index (χ2n) is 7.30. The van der Waals surface area contributed by atoms with Crippen molar-refractivity contribution in [3.63, 3.8) is 0 Å². The lowest BCUT2D eigenvalue weighted by Gasteiger charge is -2.31. The van der Waals surface area contributed by atoms with Gasteiger partial charge < -0.3 is 15.0 Å². The first-order chi connectivity index (χ1) is 13.8. The van der Waals surface area contributed by atoms with Gasteiger partial charge in [0.05, 0.1) is 0 Å². The van der Waals surface area contributed by atoms with E-state index in [-0.39, 0.29) is 31.0 Å². The maximum Gasteiger partial charge on any atom is 0.261 e. The SMILES string of the molecule is CC[C@@H](C(=O)NC(C)C)N(Cc1ccccc1Cl)C(=O)COc1ccc(C)cc1. The molecule has 5 nitrogen and oxygen atoms in total. The molecule has 2 aromatic carbocycles. The Labute approximate surface area is 178 Å². The second-order valence-corrected chi connectivity index (χ2v) is 7.71. The minimum absolute atomic E-state index is 0.0161. The largest absolute Gasteiger partial charge is 0.484 e. The second kappa shape index (κ2) is 10.9. The molecule has 0 saturated heterocycles. The van der Waals surface area contributed by atoms with Crippen molar-refractivity contribution in [2.24, 2.45) is 0 Å². The molecule has 29 heavy (non-hydrogen) atoms. The highest BCUT2D eigenvalue weighted by atomic mass is 35.5. The van der Waals surface area contributed by atoms with Crippen molar-refractivity contribution in [3.8, 4) is 5.75 Å². The number of nitrogens with zero attached hydrogens (tertiary/aromatic N) is 1. The topological polar surface area (TPSA) is 58.6 Å². The maximum absolute atomic E-state index is 13.1. The lowest BCUT2D eigenvalue weighted by molar-refractivity contribution is -0.143. The number of amides is 2. The Morgan fingerprint density at radius 3 is 2.34 bits per heavy atom. The van der Waals surface area contributed by atoms with Gasteiger partial charge in [0.1, 0.15) is 11.8 Å². The van der Waals surface area contributed by atoms with Crippen LogP contribution in [0.1, 0.15) is 38.3 Å². The van der Waals surface area contributed by atoms with Crippen molar-refractivity contribution in [1.82, 2.24) is 10.2 Å². The van der Waals surface area contributed by atoms with Gasteiger partial charge in [-0.05, 0) is 51.0 Å². The molecule has 2 amide bonds. The van der Waals surface area contributed by atoms with Gasteiger partial charge in [0.2, 0.25) is 5.91 Å². The molecule has 0 radical (unpaired) electrons. The molecule has 0 unspecified atom stereocenters. The van der Waals surface area contributed by atoms with E-state index in [0.29, 0.717) is 17.2 Å². The molecule has 0 aliphatic rings. The molecule has 0 aliphatic heterocycles. The normalized spacial score (nSPS) is 11.8. The van der Waals surface area contributed by atoms with Crippen LogP contribution < -0.4 is 10.1 Å². The molecule has 0 spiro atoms. The third-order valence-corrected chi connectivity index (χ3v) is 4.87. The van der Waals surface area contributed by atoms with Crippen molar-refractivity contribution in [2.45, 2.75) is 52.7 Å². The fourth-order valence-electron chi connectivity index (χ4n) is 2.97. The molecule has 6 heteroatoms. The molecule has 1 atom stereocenters. The van der Waals surface area contributed by atoms with E-state index in [1.807, 2.05) is 70.2 Å². The Morgan fingerprint density at radius 1 is 1.10 bits per heavy atom. The Hall–Kier alpha value is -2.53. The van der Waals surface area contributed by atoms with Gasteiger partial charge in [0, 0.05) is 17.6 Å². The zero-order valence-corrected chi connectivity index (χ0v) is 18.2. The van der Waals surface area contributed by atoms with Crippen LogP contribution in [0, 0.1) is 6.92 Å². The summed E-state index contributed by atoms with van der Waals surface area (Å²) in [7, 11) is 0. The molecule has 0 saturated carbocycles. The summed E-state index contributed by atoms with van der Waals surface area (Å²) in [6.45, 7) is 7.74. The van der Waals surface area contributed by atoms with Crippen LogP contribution in [0.25, 0.3) is 0 Å². The first-order valence-corrected chi connectivity index (χ1v) is 10.2. The Bertz CT molecular complexity index is 821. The molecule has 1 N–H and O–H groups in total. The van der Waals surface area contributed by atoms with Crippen LogP contribution in [-0.2, 0) is 16.1 Å². The zero-order valence-electron chi connectivity index (χ0n) is 17.4. The van der Waals surface area contributed by atoms with Crippen LogP contribution in [0.4, 0.5) is 0 Å². The van der Waals surface area contributed by atoms with Crippen molar-refractivity contribution < 1.29 is 14.3 Å². The Kier molecular flexibility index (Phi) is 8.52. The summed E-state index contributed by atoms with van der Waals surface area (Å²) in [4.78, 5) is 27.4. The van der Waals surface area contributed by atoms with E-state index in [4.69, 9.17) is 16.3 Å². The highest BCUT2D eigenvalue weighted by Crippen LogP contribution is 2.20. The van der Waals surface area contributed by atoms with Crippen LogP contribution >= 0.6 is 11.6 Å². The molecule has 156 valence electrons. The predicted octanol–water partition coefficient (Wildman–Crippen LogP) is 4.36. The van der Waals surface area contributed by atoms with Crippen LogP contribution in [0.3, 0.4) is 0 Å². The van der Waals surface area contributed by atoms with Crippen molar-refractivity contribution in [2.75, 3.05) is 6.61 Å². The van der Waals surface area contributed by atoms with Gasteiger partial charge in [-0.1, -0.05) is 54.4 Å². The van der Waals surface area contributed by atoms with E-state index in [1.54, 1.807) is 11.0 Å². The van der Waals surface area contributed by atoms with Gasteiger partial charge in [0.25, 0.3) is 5.91 Å². The number of carbonyl (C=O) groups excluding carboxylic acids is 2. The van der Waals surface area contributed by atoms with Gasteiger partial charge >= 0.3 is 0 Å². The third kappa shape index (κ3) is 6.79. The fraction of sp³-hybridized carbons (Fsp3) is 0.391. The summed E-state index contributed by atoms with van der Waals surface area (Å²) in [5, 5.41) is 3.46. The molecule has 2 aromatic rings. The van der Waals surface area contributed by atoms with Crippen molar-refractivity contribution >= 4 is 23.4 Å². The van der Waals surface area contributed by atoms with Gasteiger partial charge in [-0.15, -0.1) is 0 Å². The van der Waals surface area contributed by atoms with Gasteiger partial charge in [-0.2, -0.15) is 0 Å². The number of ether oxygens (including phenoxy) is 1. The highest BCUT2D eigenvalue weighted by Gasteiger charge is 2.29. The standard InChI is InChI=1S/C23H29ClN2O3/c1-5-21(23(28)25-16(2)3)26(14-18-8-6-7-9-20(18)24)22(27)15-29-19-12-10-17(4)11-13-19/h6-13,16,21H,5,14-15H2,1-4H3,(H,25,28)/t21-/m0/s1. The van der Waals surface area contributed by atoms with E-state index in [2.05, 4.69) is 5.32 Å².